The van der Waals surface area contributed by atoms with Crippen molar-refractivity contribution in [1.29, 1.82) is 0 Å². The number of carbonyl (C=O) groups is 2. The number of aryl methyl sites for hydroxylation is 2. The summed E-state index contributed by atoms with van der Waals surface area (Å²) in [6.45, 7) is 9.52. The van der Waals surface area contributed by atoms with Gasteiger partial charge in [-0.3, -0.25) is 9.59 Å². The van der Waals surface area contributed by atoms with Gasteiger partial charge in [0.2, 0.25) is 5.91 Å². The molecule has 0 fully saturated rings. The molecule has 0 bridgehead atoms. The maximum absolute atomic E-state index is 12.4. The summed E-state index contributed by atoms with van der Waals surface area (Å²) >= 11 is 0. The van der Waals surface area contributed by atoms with E-state index in [4.69, 9.17) is 0 Å². The lowest BCUT2D eigenvalue weighted by molar-refractivity contribution is -0.126. The van der Waals surface area contributed by atoms with Crippen LogP contribution in [-0.2, 0) is 9.59 Å². The molecule has 100 valence electrons. The Labute approximate surface area is 113 Å². The Morgan fingerprint density at radius 1 is 1.47 bits per heavy atom. The number of rotatable bonds is 3. The van der Waals surface area contributed by atoms with E-state index in [2.05, 4.69) is 11.9 Å². The second kappa shape index (κ2) is 4.88. The average molecular weight is 258 g/mol. The van der Waals surface area contributed by atoms with Crippen molar-refractivity contribution in [2.75, 3.05) is 11.4 Å². The van der Waals surface area contributed by atoms with Gasteiger partial charge < -0.3 is 10.2 Å². The van der Waals surface area contributed by atoms with E-state index in [0.717, 1.165) is 22.4 Å². The Kier molecular flexibility index (Phi) is 3.42. The normalized spacial score (nSPS) is 17.3. The van der Waals surface area contributed by atoms with Crippen LogP contribution in [0.15, 0.2) is 24.8 Å². The Balaban J connectivity index is 2.56. The zero-order valence-corrected chi connectivity index (χ0v) is 11.5. The van der Waals surface area contributed by atoms with Crippen LogP contribution in [0.3, 0.4) is 0 Å². The second-order valence-corrected chi connectivity index (χ2v) is 4.89. The molecule has 0 radical (unpaired) electrons. The van der Waals surface area contributed by atoms with E-state index < -0.39 is 6.04 Å². The number of anilines is 1. The first-order valence-electron chi connectivity index (χ1n) is 6.26. The predicted molar refractivity (Wildman–Crippen MR) is 75.0 cm³/mol. The topological polar surface area (TPSA) is 49.4 Å². The zero-order chi connectivity index (χ0) is 14.2. The molecule has 0 aliphatic carbocycles. The summed E-state index contributed by atoms with van der Waals surface area (Å²) < 4.78 is 0. The van der Waals surface area contributed by atoms with Crippen LogP contribution < -0.4 is 10.2 Å². The molecule has 0 spiro atoms. The van der Waals surface area contributed by atoms with Crippen molar-refractivity contribution in [2.45, 2.75) is 26.8 Å². The monoisotopic (exact) mass is 258 g/mol. The molecule has 0 unspecified atom stereocenters. The molecule has 0 saturated heterocycles. The summed E-state index contributed by atoms with van der Waals surface area (Å²) in [5.74, 6) is -0.303. The number of fused-ring (bicyclic) bond motifs is 1. The van der Waals surface area contributed by atoms with E-state index in [0.29, 0.717) is 6.54 Å². The van der Waals surface area contributed by atoms with Crippen molar-refractivity contribution < 1.29 is 9.59 Å². The molecular formula is C15H18N2O2. The van der Waals surface area contributed by atoms with Gasteiger partial charge >= 0.3 is 0 Å². The molecule has 1 N–H and O–H groups in total. The summed E-state index contributed by atoms with van der Waals surface area (Å²) in [5, 5.41) is 2.73. The van der Waals surface area contributed by atoms with E-state index in [1.165, 1.54) is 6.92 Å². The van der Waals surface area contributed by atoms with Crippen molar-refractivity contribution in [3.05, 3.63) is 41.5 Å². The summed E-state index contributed by atoms with van der Waals surface area (Å²) in [6.07, 6.45) is 1.69. The maximum Gasteiger partial charge on any atom is 0.254 e. The molecule has 19 heavy (non-hydrogen) atoms. The molecule has 1 heterocycles. The van der Waals surface area contributed by atoms with Crippen LogP contribution in [0.5, 0.6) is 0 Å². The van der Waals surface area contributed by atoms with Gasteiger partial charge in [0.15, 0.2) is 0 Å². The summed E-state index contributed by atoms with van der Waals surface area (Å²) in [5.41, 5.74) is 3.90. The molecule has 4 nitrogen and oxygen atoms in total. The molecule has 0 aromatic heterocycles. The lowest BCUT2D eigenvalue weighted by Gasteiger charge is -2.17. The van der Waals surface area contributed by atoms with E-state index in [1.807, 2.05) is 26.0 Å². The first kappa shape index (κ1) is 13.3. The zero-order valence-electron chi connectivity index (χ0n) is 11.5. The maximum atomic E-state index is 12.4. The first-order chi connectivity index (χ1) is 8.95. The number of nitrogens with one attached hydrogen (secondary N) is 1. The molecule has 1 aliphatic rings. The lowest BCUT2D eigenvalue weighted by atomic mass is 10.0. The van der Waals surface area contributed by atoms with Gasteiger partial charge in [0.1, 0.15) is 6.04 Å². The third-order valence-corrected chi connectivity index (χ3v) is 3.23. The van der Waals surface area contributed by atoms with Crippen molar-refractivity contribution in [3.63, 3.8) is 0 Å². The van der Waals surface area contributed by atoms with Crippen LogP contribution >= 0.6 is 0 Å². The van der Waals surface area contributed by atoms with Gasteiger partial charge in [-0.05, 0) is 19.4 Å². The minimum atomic E-state index is -0.578. The van der Waals surface area contributed by atoms with Crippen LogP contribution in [0.2, 0.25) is 0 Å². The Hall–Kier alpha value is -2.10. The molecule has 4 heteroatoms. The van der Waals surface area contributed by atoms with Crippen molar-refractivity contribution in [1.82, 2.24) is 5.32 Å². The van der Waals surface area contributed by atoms with Gasteiger partial charge in [0, 0.05) is 19.0 Å². The fourth-order valence-electron chi connectivity index (χ4n) is 2.63. The Morgan fingerprint density at radius 3 is 2.74 bits per heavy atom. The van der Waals surface area contributed by atoms with E-state index >= 15 is 0 Å². The highest BCUT2D eigenvalue weighted by Gasteiger charge is 2.38. The SMILES string of the molecule is C=CCN1C(=O)[C@@H](NC(C)=O)c2cc(C)cc(C)c21. The minimum absolute atomic E-state index is 0.0983. The highest BCUT2D eigenvalue weighted by molar-refractivity contribution is 6.07. The molecular weight excluding hydrogens is 240 g/mol. The Bertz CT molecular complexity index is 564. The number of nitrogens with zero attached hydrogens (tertiary/aromatic N) is 1. The average Bonchev–Trinajstić information content (AvgIpc) is 2.55. The molecule has 1 aliphatic heterocycles. The summed E-state index contributed by atoms with van der Waals surface area (Å²) in [6, 6.07) is 3.42. The van der Waals surface area contributed by atoms with Crippen molar-refractivity contribution >= 4 is 17.5 Å². The van der Waals surface area contributed by atoms with Gasteiger partial charge in [0.25, 0.3) is 5.91 Å². The third kappa shape index (κ3) is 2.26. The number of amides is 2. The summed E-state index contributed by atoms with van der Waals surface area (Å²) in [4.78, 5) is 25.4. The van der Waals surface area contributed by atoms with Gasteiger partial charge in [-0.2, -0.15) is 0 Å². The molecule has 2 amide bonds. The minimum Gasteiger partial charge on any atom is -0.341 e. The number of hydrogen-bond acceptors (Lipinski definition) is 2. The van der Waals surface area contributed by atoms with Crippen molar-refractivity contribution in [3.8, 4) is 0 Å². The molecule has 1 aromatic rings. The largest absolute Gasteiger partial charge is 0.341 e. The second-order valence-electron chi connectivity index (χ2n) is 4.89. The van der Waals surface area contributed by atoms with Crippen molar-refractivity contribution in [2.24, 2.45) is 0 Å². The van der Waals surface area contributed by atoms with Gasteiger partial charge in [-0.25, -0.2) is 0 Å². The molecule has 0 saturated carbocycles. The van der Waals surface area contributed by atoms with Crippen LogP contribution in [0.4, 0.5) is 5.69 Å². The van der Waals surface area contributed by atoms with Crippen LogP contribution in [0, 0.1) is 13.8 Å². The predicted octanol–water partition coefficient (Wildman–Crippen LogP) is 2.01. The van der Waals surface area contributed by atoms with Crippen LogP contribution in [0.1, 0.15) is 29.7 Å². The molecule has 1 aromatic carbocycles. The Morgan fingerprint density at radius 2 is 2.16 bits per heavy atom. The van der Waals surface area contributed by atoms with Gasteiger partial charge in [0.05, 0.1) is 5.69 Å². The fourth-order valence-corrected chi connectivity index (χ4v) is 2.63. The smallest absolute Gasteiger partial charge is 0.254 e. The number of hydrogen-bond donors (Lipinski definition) is 1. The highest BCUT2D eigenvalue weighted by Crippen LogP contribution is 2.39. The van der Waals surface area contributed by atoms with E-state index in [1.54, 1.807) is 11.0 Å². The van der Waals surface area contributed by atoms with Gasteiger partial charge in [-0.15, -0.1) is 6.58 Å². The fraction of sp³-hybridized carbons (Fsp3) is 0.333. The van der Waals surface area contributed by atoms with Gasteiger partial charge in [-0.1, -0.05) is 23.8 Å². The van der Waals surface area contributed by atoms with Crippen LogP contribution in [-0.4, -0.2) is 18.4 Å². The molecule has 2 rings (SSSR count). The number of benzene rings is 1. The van der Waals surface area contributed by atoms with Crippen LogP contribution in [0.25, 0.3) is 0 Å². The lowest BCUT2D eigenvalue weighted by Crippen LogP contribution is -2.36. The quantitative estimate of drug-likeness (QED) is 0.843. The van der Waals surface area contributed by atoms with E-state index in [-0.39, 0.29) is 11.8 Å². The highest BCUT2D eigenvalue weighted by atomic mass is 16.2. The standard InChI is InChI=1S/C15H18N2O2/c1-5-6-17-14-10(3)7-9(2)8-12(14)13(15(17)19)16-11(4)18/h5,7-8,13H,1,6H2,2-4H3,(H,16,18)/t13-/m0/s1. The number of carbonyl (C=O) groups excluding carboxylic acids is 2. The molecule has 1 atom stereocenters. The van der Waals surface area contributed by atoms with E-state index in [9.17, 15) is 9.59 Å². The third-order valence-electron chi connectivity index (χ3n) is 3.23. The summed E-state index contributed by atoms with van der Waals surface area (Å²) in [7, 11) is 0. The first-order valence-corrected chi connectivity index (χ1v) is 6.26.